The zero-order valence-corrected chi connectivity index (χ0v) is 17.2. The first-order valence-electron chi connectivity index (χ1n) is 9.76. The molecular formula is C21H24N4O3S. The molecule has 0 atom stereocenters. The number of ether oxygens (including phenoxy) is 2. The number of rotatable bonds is 7. The van der Waals surface area contributed by atoms with Gasteiger partial charge in [-0.15, -0.1) is 11.3 Å². The Morgan fingerprint density at radius 2 is 2.03 bits per heavy atom. The molecule has 0 unspecified atom stereocenters. The normalized spacial score (nSPS) is 14.2. The Hall–Kier alpha value is -2.71. The standard InChI is InChI=1S/C21H24N4O3S/c1-2-17-15-29-19(23-17)13-25-8-7-22-21(25)16-3-5-18(6-4-16)28-14-20(26)24-9-11-27-12-10-24/h3-8,15H,2,9-14H2,1H3. The quantitative estimate of drug-likeness (QED) is 0.597. The number of aryl methyl sites for hydroxylation is 1. The highest BCUT2D eigenvalue weighted by Crippen LogP contribution is 2.23. The average Bonchev–Trinajstić information content (AvgIpc) is 3.43. The molecule has 0 bridgehead atoms. The van der Waals surface area contributed by atoms with Gasteiger partial charge in [0.05, 0.1) is 25.5 Å². The van der Waals surface area contributed by atoms with Crippen LogP contribution in [0, 0.1) is 0 Å². The Labute approximate surface area is 173 Å². The van der Waals surface area contributed by atoms with Gasteiger partial charge in [-0.1, -0.05) is 6.92 Å². The van der Waals surface area contributed by atoms with E-state index < -0.39 is 0 Å². The van der Waals surface area contributed by atoms with Gasteiger partial charge in [0.25, 0.3) is 5.91 Å². The molecular weight excluding hydrogens is 388 g/mol. The maximum Gasteiger partial charge on any atom is 0.260 e. The second-order valence-corrected chi connectivity index (χ2v) is 7.71. The monoisotopic (exact) mass is 412 g/mol. The summed E-state index contributed by atoms with van der Waals surface area (Å²) in [6.07, 6.45) is 4.71. The number of amides is 1. The number of hydrogen-bond acceptors (Lipinski definition) is 6. The van der Waals surface area contributed by atoms with Gasteiger partial charge >= 0.3 is 0 Å². The fraction of sp³-hybridized carbons (Fsp3) is 0.381. The Balaban J connectivity index is 1.38. The summed E-state index contributed by atoms with van der Waals surface area (Å²) in [4.78, 5) is 23.1. The summed E-state index contributed by atoms with van der Waals surface area (Å²) in [5.41, 5.74) is 2.12. The number of carbonyl (C=O) groups excluding carboxylic acids is 1. The third-order valence-electron chi connectivity index (χ3n) is 4.82. The molecule has 1 aliphatic rings. The first kappa shape index (κ1) is 19.6. The maximum atomic E-state index is 12.2. The molecule has 1 fully saturated rings. The van der Waals surface area contributed by atoms with Crippen LogP contribution < -0.4 is 4.74 Å². The number of morpholine rings is 1. The lowest BCUT2D eigenvalue weighted by molar-refractivity contribution is -0.137. The van der Waals surface area contributed by atoms with Gasteiger partial charge in [-0.25, -0.2) is 9.97 Å². The van der Waals surface area contributed by atoms with Gasteiger partial charge in [0, 0.05) is 36.4 Å². The molecule has 0 spiro atoms. The number of nitrogens with zero attached hydrogens (tertiary/aromatic N) is 4. The molecule has 1 saturated heterocycles. The van der Waals surface area contributed by atoms with Crippen molar-refractivity contribution in [3.05, 3.63) is 52.7 Å². The van der Waals surface area contributed by atoms with Crippen molar-refractivity contribution in [2.75, 3.05) is 32.9 Å². The van der Waals surface area contributed by atoms with Crippen molar-refractivity contribution in [3.8, 4) is 17.1 Å². The summed E-state index contributed by atoms with van der Waals surface area (Å²) in [6, 6.07) is 7.68. The van der Waals surface area contributed by atoms with Gasteiger partial charge in [-0.3, -0.25) is 4.79 Å². The third kappa shape index (κ3) is 4.83. The van der Waals surface area contributed by atoms with E-state index in [1.54, 1.807) is 22.4 Å². The van der Waals surface area contributed by atoms with Crippen LogP contribution in [0.1, 0.15) is 17.6 Å². The first-order chi connectivity index (χ1) is 14.2. The molecule has 1 aromatic carbocycles. The number of thiazole rings is 1. The molecule has 0 radical (unpaired) electrons. The smallest absolute Gasteiger partial charge is 0.260 e. The van der Waals surface area contributed by atoms with E-state index in [2.05, 4.69) is 26.8 Å². The largest absolute Gasteiger partial charge is 0.484 e. The van der Waals surface area contributed by atoms with Crippen molar-refractivity contribution in [1.29, 1.82) is 0 Å². The van der Waals surface area contributed by atoms with E-state index in [1.807, 2.05) is 30.5 Å². The molecule has 3 aromatic rings. The van der Waals surface area contributed by atoms with Crippen LogP contribution in [0.15, 0.2) is 42.0 Å². The van der Waals surface area contributed by atoms with Crippen molar-refractivity contribution in [2.45, 2.75) is 19.9 Å². The van der Waals surface area contributed by atoms with E-state index >= 15 is 0 Å². The fourth-order valence-corrected chi connectivity index (χ4v) is 4.05. The SMILES string of the molecule is CCc1csc(Cn2ccnc2-c2ccc(OCC(=O)N3CCOCC3)cc2)n1. The van der Waals surface area contributed by atoms with Crippen molar-refractivity contribution >= 4 is 17.2 Å². The van der Waals surface area contributed by atoms with Crippen LogP contribution in [0.25, 0.3) is 11.4 Å². The molecule has 1 amide bonds. The van der Waals surface area contributed by atoms with Gasteiger partial charge < -0.3 is 18.9 Å². The molecule has 4 rings (SSSR count). The summed E-state index contributed by atoms with van der Waals surface area (Å²) in [5, 5.41) is 3.18. The first-order valence-corrected chi connectivity index (χ1v) is 10.6. The Morgan fingerprint density at radius 3 is 2.76 bits per heavy atom. The van der Waals surface area contributed by atoms with E-state index in [-0.39, 0.29) is 12.5 Å². The number of benzene rings is 1. The molecule has 29 heavy (non-hydrogen) atoms. The van der Waals surface area contributed by atoms with Crippen LogP contribution in [-0.4, -0.2) is 58.3 Å². The molecule has 0 saturated carbocycles. The number of imidazole rings is 1. The lowest BCUT2D eigenvalue weighted by Gasteiger charge is -2.26. The minimum Gasteiger partial charge on any atom is -0.484 e. The van der Waals surface area contributed by atoms with Crippen LogP contribution in [0.5, 0.6) is 5.75 Å². The molecule has 3 heterocycles. The number of hydrogen-bond donors (Lipinski definition) is 0. The molecule has 0 N–H and O–H groups in total. The zero-order chi connectivity index (χ0) is 20.1. The molecule has 7 nitrogen and oxygen atoms in total. The highest BCUT2D eigenvalue weighted by atomic mass is 32.1. The van der Waals surface area contributed by atoms with Crippen molar-refractivity contribution < 1.29 is 14.3 Å². The van der Waals surface area contributed by atoms with Crippen molar-refractivity contribution in [2.24, 2.45) is 0 Å². The second-order valence-electron chi connectivity index (χ2n) is 6.77. The van der Waals surface area contributed by atoms with E-state index in [0.29, 0.717) is 38.6 Å². The molecule has 152 valence electrons. The van der Waals surface area contributed by atoms with Crippen LogP contribution in [-0.2, 0) is 22.5 Å². The predicted molar refractivity (Wildman–Crippen MR) is 111 cm³/mol. The molecule has 2 aromatic heterocycles. The summed E-state index contributed by atoms with van der Waals surface area (Å²) < 4.78 is 13.0. The highest BCUT2D eigenvalue weighted by molar-refractivity contribution is 7.09. The summed E-state index contributed by atoms with van der Waals surface area (Å²) >= 11 is 1.68. The van der Waals surface area contributed by atoms with E-state index in [1.165, 1.54) is 0 Å². The predicted octanol–water partition coefficient (Wildman–Crippen LogP) is 2.85. The summed E-state index contributed by atoms with van der Waals surface area (Å²) in [5.74, 6) is 1.54. The van der Waals surface area contributed by atoms with Crippen LogP contribution >= 0.6 is 11.3 Å². The van der Waals surface area contributed by atoms with Crippen molar-refractivity contribution in [1.82, 2.24) is 19.4 Å². The van der Waals surface area contributed by atoms with E-state index in [0.717, 1.165) is 28.5 Å². The average molecular weight is 413 g/mol. The Morgan fingerprint density at radius 1 is 1.24 bits per heavy atom. The summed E-state index contributed by atoms with van der Waals surface area (Å²) in [7, 11) is 0. The van der Waals surface area contributed by atoms with Gasteiger partial charge in [-0.05, 0) is 30.7 Å². The van der Waals surface area contributed by atoms with Crippen LogP contribution in [0.4, 0.5) is 0 Å². The Kier molecular flexibility index (Phi) is 6.21. The molecule has 0 aliphatic carbocycles. The number of carbonyl (C=O) groups is 1. The van der Waals surface area contributed by atoms with Gasteiger partial charge in [-0.2, -0.15) is 0 Å². The van der Waals surface area contributed by atoms with Crippen LogP contribution in [0.2, 0.25) is 0 Å². The number of aromatic nitrogens is 3. The fourth-order valence-electron chi connectivity index (χ4n) is 3.18. The maximum absolute atomic E-state index is 12.2. The Bertz CT molecular complexity index is 945. The lowest BCUT2D eigenvalue weighted by atomic mass is 10.2. The molecule has 8 heteroatoms. The lowest BCUT2D eigenvalue weighted by Crippen LogP contribution is -2.42. The van der Waals surface area contributed by atoms with E-state index in [4.69, 9.17) is 9.47 Å². The summed E-state index contributed by atoms with van der Waals surface area (Å²) in [6.45, 7) is 5.29. The molecule has 1 aliphatic heterocycles. The van der Waals surface area contributed by atoms with Gasteiger partial charge in [0.15, 0.2) is 6.61 Å². The topological polar surface area (TPSA) is 69.5 Å². The zero-order valence-electron chi connectivity index (χ0n) is 16.4. The minimum atomic E-state index is -0.0113. The minimum absolute atomic E-state index is 0.0113. The van der Waals surface area contributed by atoms with Crippen LogP contribution in [0.3, 0.4) is 0 Å². The highest BCUT2D eigenvalue weighted by Gasteiger charge is 2.17. The van der Waals surface area contributed by atoms with Crippen molar-refractivity contribution in [3.63, 3.8) is 0 Å². The van der Waals surface area contributed by atoms with Gasteiger partial charge in [0.2, 0.25) is 0 Å². The van der Waals surface area contributed by atoms with E-state index in [9.17, 15) is 4.79 Å². The second kappa shape index (κ2) is 9.19. The van der Waals surface area contributed by atoms with Gasteiger partial charge in [0.1, 0.15) is 16.6 Å². The third-order valence-corrected chi connectivity index (χ3v) is 5.70.